The summed E-state index contributed by atoms with van der Waals surface area (Å²) in [5.74, 6) is -0.586. The van der Waals surface area contributed by atoms with Crippen LogP contribution in [0.2, 0.25) is 0 Å². The van der Waals surface area contributed by atoms with E-state index in [4.69, 9.17) is 4.74 Å². The van der Waals surface area contributed by atoms with Gasteiger partial charge in [-0.1, -0.05) is 19.9 Å². The number of allylic oxidation sites excluding steroid dienone is 1. The Morgan fingerprint density at radius 1 is 1.33 bits per heavy atom. The molecule has 0 spiro atoms. The largest absolute Gasteiger partial charge is 0.491 e. The van der Waals surface area contributed by atoms with Crippen LogP contribution in [-0.4, -0.2) is 42.9 Å². The Kier molecular flexibility index (Phi) is 7.52. The Hall–Kier alpha value is -3.62. The number of imidazole rings is 1. The van der Waals surface area contributed by atoms with Crippen LogP contribution >= 0.6 is 0 Å². The molecule has 9 heteroatoms. The standard InChI is InChI=1S/C22H25N5O4.C2H6/c1-4-7-15-8-6-9-31-18-12-14(21(29)30)11-16-19(18)27(15)22(23-16)24-20(28)17-10-13(3)25-26(17)5-2;1-2/h4,10-12,15H,1,5-9H2,2-3H3,(H,29,30)(H,23,24,28);1-2H3. The van der Waals surface area contributed by atoms with Crippen molar-refractivity contribution in [1.82, 2.24) is 19.3 Å². The highest BCUT2D eigenvalue weighted by Crippen LogP contribution is 2.37. The average Bonchev–Trinajstić information content (AvgIpc) is 3.35. The molecular formula is C24H31N5O4. The van der Waals surface area contributed by atoms with Gasteiger partial charge >= 0.3 is 5.97 Å². The smallest absolute Gasteiger partial charge is 0.335 e. The minimum Gasteiger partial charge on any atom is -0.491 e. The fourth-order valence-electron chi connectivity index (χ4n) is 4.05. The highest BCUT2D eigenvalue weighted by atomic mass is 16.5. The van der Waals surface area contributed by atoms with Crippen molar-refractivity contribution in [3.8, 4) is 5.75 Å². The summed E-state index contributed by atoms with van der Waals surface area (Å²) >= 11 is 0. The van der Waals surface area contributed by atoms with Gasteiger partial charge in [0.1, 0.15) is 17.0 Å². The predicted molar refractivity (Wildman–Crippen MR) is 127 cm³/mol. The maximum Gasteiger partial charge on any atom is 0.335 e. The van der Waals surface area contributed by atoms with E-state index in [0.29, 0.717) is 48.0 Å². The van der Waals surface area contributed by atoms with E-state index in [-0.39, 0.29) is 17.5 Å². The number of ether oxygens (including phenoxy) is 1. The van der Waals surface area contributed by atoms with Gasteiger partial charge in [-0.05, 0) is 51.3 Å². The Labute approximate surface area is 193 Å². The van der Waals surface area contributed by atoms with Crippen LogP contribution in [0.25, 0.3) is 11.0 Å². The molecule has 2 aromatic heterocycles. The van der Waals surface area contributed by atoms with E-state index in [1.165, 1.54) is 12.1 Å². The number of benzene rings is 1. The molecule has 0 radical (unpaired) electrons. The molecule has 2 N–H and O–H groups in total. The number of nitrogens with zero attached hydrogens (tertiary/aromatic N) is 4. The first-order valence-corrected chi connectivity index (χ1v) is 11.3. The van der Waals surface area contributed by atoms with Gasteiger partial charge in [0.2, 0.25) is 5.95 Å². The first kappa shape index (κ1) is 24.0. The molecule has 176 valence electrons. The highest BCUT2D eigenvalue weighted by Gasteiger charge is 2.26. The number of anilines is 1. The lowest BCUT2D eigenvalue weighted by molar-refractivity contribution is 0.0696. The van der Waals surface area contributed by atoms with Crippen molar-refractivity contribution in [1.29, 1.82) is 0 Å². The molecule has 0 aliphatic carbocycles. The van der Waals surface area contributed by atoms with Crippen LogP contribution in [0, 0.1) is 6.92 Å². The third kappa shape index (κ3) is 4.76. The minimum atomic E-state index is -1.06. The van der Waals surface area contributed by atoms with E-state index >= 15 is 0 Å². The number of hydrogen-bond acceptors (Lipinski definition) is 5. The molecule has 0 bridgehead atoms. The quantitative estimate of drug-likeness (QED) is 0.517. The van der Waals surface area contributed by atoms with Crippen molar-refractivity contribution in [3.63, 3.8) is 0 Å². The topological polar surface area (TPSA) is 111 Å². The molecule has 1 aliphatic heterocycles. The summed E-state index contributed by atoms with van der Waals surface area (Å²) in [6.45, 7) is 12.7. The zero-order valence-corrected chi connectivity index (χ0v) is 19.6. The first-order valence-electron chi connectivity index (χ1n) is 11.3. The molecule has 3 aromatic rings. The number of hydrogen-bond donors (Lipinski definition) is 2. The van der Waals surface area contributed by atoms with Crippen LogP contribution in [0.4, 0.5) is 5.95 Å². The molecule has 3 heterocycles. The molecule has 33 heavy (non-hydrogen) atoms. The van der Waals surface area contributed by atoms with Crippen LogP contribution in [-0.2, 0) is 6.54 Å². The van der Waals surface area contributed by atoms with E-state index in [2.05, 4.69) is 22.0 Å². The second-order valence-corrected chi connectivity index (χ2v) is 7.56. The number of rotatable bonds is 6. The molecule has 0 saturated heterocycles. The molecule has 4 rings (SSSR count). The first-order chi connectivity index (χ1) is 15.9. The van der Waals surface area contributed by atoms with Gasteiger partial charge in [-0.25, -0.2) is 9.78 Å². The lowest BCUT2D eigenvalue weighted by Gasteiger charge is -2.24. The zero-order chi connectivity index (χ0) is 24.1. The van der Waals surface area contributed by atoms with Gasteiger partial charge in [0.05, 0.1) is 23.4 Å². The summed E-state index contributed by atoms with van der Waals surface area (Å²) in [4.78, 5) is 29.3. The molecule has 1 aliphatic rings. The van der Waals surface area contributed by atoms with Crippen molar-refractivity contribution >= 4 is 28.9 Å². The third-order valence-electron chi connectivity index (χ3n) is 5.40. The number of carboxylic acids is 1. The normalized spacial score (nSPS) is 15.0. The van der Waals surface area contributed by atoms with E-state index in [9.17, 15) is 14.7 Å². The van der Waals surface area contributed by atoms with Gasteiger partial charge in [0.25, 0.3) is 5.91 Å². The number of nitrogens with one attached hydrogen (secondary N) is 1. The number of carbonyl (C=O) groups excluding carboxylic acids is 1. The highest BCUT2D eigenvalue weighted by molar-refractivity contribution is 6.04. The molecule has 0 fully saturated rings. The molecule has 1 amide bonds. The van der Waals surface area contributed by atoms with Crippen LogP contribution in [0.3, 0.4) is 0 Å². The maximum absolute atomic E-state index is 13.1. The molecular weight excluding hydrogens is 422 g/mol. The van der Waals surface area contributed by atoms with Crippen LogP contribution in [0.1, 0.15) is 72.6 Å². The van der Waals surface area contributed by atoms with Gasteiger partial charge in [0.15, 0.2) is 0 Å². The number of carboxylic acid groups (broad SMARTS) is 1. The van der Waals surface area contributed by atoms with E-state index < -0.39 is 5.97 Å². The Balaban J connectivity index is 0.00000149. The molecule has 1 aromatic carbocycles. The predicted octanol–water partition coefficient (Wildman–Crippen LogP) is 4.83. The van der Waals surface area contributed by atoms with Crippen LogP contribution in [0.15, 0.2) is 30.9 Å². The number of aromatic carboxylic acids is 1. The fourth-order valence-corrected chi connectivity index (χ4v) is 4.05. The number of amides is 1. The van der Waals surface area contributed by atoms with Crippen molar-refractivity contribution in [3.05, 3.63) is 47.8 Å². The number of aryl methyl sites for hydroxylation is 2. The molecule has 9 nitrogen and oxygen atoms in total. The van der Waals surface area contributed by atoms with E-state index in [1.807, 2.05) is 38.3 Å². The second-order valence-electron chi connectivity index (χ2n) is 7.56. The minimum absolute atomic E-state index is 0.00829. The fraction of sp³-hybridized carbons (Fsp3) is 0.417. The monoisotopic (exact) mass is 453 g/mol. The van der Waals surface area contributed by atoms with Crippen LogP contribution < -0.4 is 10.1 Å². The summed E-state index contributed by atoms with van der Waals surface area (Å²) in [5, 5.41) is 16.7. The summed E-state index contributed by atoms with van der Waals surface area (Å²) in [7, 11) is 0. The SMILES string of the molecule is C=CCC1CCCOc2cc(C(=O)O)cc3nc(NC(=O)c4cc(C)nn4CC)n1c23.CC. The lowest BCUT2D eigenvalue weighted by Crippen LogP contribution is -2.22. The number of aromatic nitrogens is 4. The summed E-state index contributed by atoms with van der Waals surface area (Å²) in [6, 6.07) is 4.76. The molecule has 1 unspecified atom stereocenters. The summed E-state index contributed by atoms with van der Waals surface area (Å²) < 4.78 is 9.46. The van der Waals surface area contributed by atoms with Crippen molar-refractivity contribution in [2.75, 3.05) is 11.9 Å². The van der Waals surface area contributed by atoms with Gasteiger partial charge < -0.3 is 14.4 Å². The Morgan fingerprint density at radius 2 is 2.09 bits per heavy atom. The maximum atomic E-state index is 13.1. The zero-order valence-electron chi connectivity index (χ0n) is 19.6. The van der Waals surface area contributed by atoms with E-state index in [1.54, 1.807) is 10.7 Å². The second kappa shape index (κ2) is 10.3. The lowest BCUT2D eigenvalue weighted by atomic mass is 10.1. The average molecular weight is 454 g/mol. The van der Waals surface area contributed by atoms with Crippen molar-refractivity contribution in [2.24, 2.45) is 0 Å². The number of carbonyl (C=O) groups is 2. The summed E-state index contributed by atoms with van der Waals surface area (Å²) in [6.07, 6.45) is 4.11. The van der Waals surface area contributed by atoms with Crippen LogP contribution in [0.5, 0.6) is 5.75 Å². The Morgan fingerprint density at radius 3 is 2.76 bits per heavy atom. The van der Waals surface area contributed by atoms with Crippen molar-refractivity contribution < 1.29 is 19.4 Å². The van der Waals surface area contributed by atoms with Gasteiger partial charge in [-0.2, -0.15) is 5.10 Å². The molecule has 0 saturated carbocycles. The van der Waals surface area contributed by atoms with E-state index in [0.717, 1.165) is 18.5 Å². The van der Waals surface area contributed by atoms with Gasteiger partial charge in [0, 0.05) is 12.6 Å². The summed E-state index contributed by atoms with van der Waals surface area (Å²) in [5.41, 5.74) is 2.41. The van der Waals surface area contributed by atoms with Gasteiger partial charge in [-0.15, -0.1) is 6.58 Å². The molecule has 1 atom stereocenters. The third-order valence-corrected chi connectivity index (χ3v) is 5.40. The Bertz CT molecular complexity index is 1180. The van der Waals surface area contributed by atoms with Crippen molar-refractivity contribution in [2.45, 2.75) is 59.5 Å². The van der Waals surface area contributed by atoms with Gasteiger partial charge in [-0.3, -0.25) is 14.8 Å².